The predicted octanol–water partition coefficient (Wildman–Crippen LogP) is 3.26. The molecule has 0 bridgehead atoms. The minimum Gasteiger partial charge on any atom is -0.497 e. The van der Waals surface area contributed by atoms with Gasteiger partial charge in [0.25, 0.3) is 5.91 Å². The van der Waals surface area contributed by atoms with Crippen LogP contribution in [0.15, 0.2) is 109 Å². The molecule has 258 valence electrons. The van der Waals surface area contributed by atoms with Crippen LogP contribution in [0.3, 0.4) is 0 Å². The van der Waals surface area contributed by atoms with Gasteiger partial charge in [0.15, 0.2) is 0 Å². The second kappa shape index (κ2) is 17.1. The van der Waals surface area contributed by atoms with Gasteiger partial charge in [0.05, 0.1) is 7.11 Å². The third kappa shape index (κ3) is 9.65. The van der Waals surface area contributed by atoms with E-state index < -0.39 is 41.6 Å². The van der Waals surface area contributed by atoms with Crippen LogP contribution in [0, 0.1) is 5.92 Å². The molecule has 3 atom stereocenters. The zero-order valence-corrected chi connectivity index (χ0v) is 28.2. The Balaban J connectivity index is 1.30. The fourth-order valence-corrected chi connectivity index (χ4v) is 6.00. The Bertz CT molecular complexity index is 1770. The summed E-state index contributed by atoms with van der Waals surface area (Å²) in [4.78, 5) is 67.2. The second-order valence-electron chi connectivity index (χ2n) is 12.5. The van der Waals surface area contributed by atoms with E-state index in [-0.39, 0.29) is 31.2 Å². The molecule has 0 aromatic heterocycles. The zero-order valence-electron chi connectivity index (χ0n) is 28.2. The van der Waals surface area contributed by atoms with Gasteiger partial charge in [0, 0.05) is 25.3 Å². The predicted molar refractivity (Wildman–Crippen MR) is 189 cm³/mol. The third-order valence-corrected chi connectivity index (χ3v) is 8.84. The summed E-state index contributed by atoms with van der Waals surface area (Å²) in [5.41, 5.74) is 4.52. The topological polar surface area (TPSA) is 143 Å². The van der Waals surface area contributed by atoms with Crippen LogP contribution in [-0.2, 0) is 56.2 Å². The van der Waals surface area contributed by atoms with E-state index in [1.54, 1.807) is 62.6 Å². The molecule has 4 N–H and O–H groups in total. The van der Waals surface area contributed by atoms with Crippen LogP contribution in [0.1, 0.15) is 34.7 Å². The van der Waals surface area contributed by atoms with Crippen LogP contribution in [0.4, 0.5) is 0 Å². The summed E-state index contributed by atoms with van der Waals surface area (Å²) < 4.78 is 5.26. The van der Waals surface area contributed by atoms with Gasteiger partial charge in [-0.05, 0) is 59.7 Å². The molecule has 0 spiro atoms. The lowest BCUT2D eigenvalue weighted by Gasteiger charge is -2.25. The lowest BCUT2D eigenvalue weighted by molar-refractivity contribution is -0.140. The highest BCUT2D eigenvalue weighted by atomic mass is 16.5. The lowest BCUT2D eigenvalue weighted by Crippen LogP contribution is -2.57. The van der Waals surface area contributed by atoms with Crippen LogP contribution in [-0.4, -0.2) is 54.6 Å². The Morgan fingerprint density at radius 3 is 1.76 bits per heavy atom. The average Bonchev–Trinajstić information content (AvgIpc) is 3.59. The molecule has 5 rings (SSSR count). The van der Waals surface area contributed by atoms with Gasteiger partial charge in [-0.1, -0.05) is 97.1 Å². The van der Waals surface area contributed by atoms with Crippen molar-refractivity contribution in [2.75, 3.05) is 7.11 Å². The Morgan fingerprint density at radius 2 is 1.16 bits per heavy atom. The van der Waals surface area contributed by atoms with Gasteiger partial charge in [0.1, 0.15) is 23.9 Å². The number of Topliss-reactive ketones (excluding diaryl/α,β-unsaturated/α-hetero) is 1. The number of carbonyl (C=O) groups is 5. The van der Waals surface area contributed by atoms with Crippen molar-refractivity contribution in [2.45, 2.75) is 57.3 Å². The molecule has 0 fully saturated rings. The number of benzene rings is 4. The van der Waals surface area contributed by atoms with Crippen molar-refractivity contribution in [2.24, 2.45) is 5.92 Å². The minimum atomic E-state index is -1.21. The highest BCUT2D eigenvalue weighted by molar-refractivity contribution is 6.38. The second-order valence-corrected chi connectivity index (χ2v) is 12.5. The molecule has 0 saturated carbocycles. The highest BCUT2D eigenvalue weighted by Crippen LogP contribution is 2.26. The van der Waals surface area contributed by atoms with E-state index in [0.29, 0.717) is 18.6 Å². The number of amides is 4. The Kier molecular flexibility index (Phi) is 12.1. The molecule has 1 aliphatic rings. The Labute approximate surface area is 292 Å². The van der Waals surface area contributed by atoms with Crippen LogP contribution >= 0.6 is 0 Å². The van der Waals surface area contributed by atoms with Crippen molar-refractivity contribution in [1.82, 2.24) is 21.3 Å². The molecule has 10 heteroatoms. The highest BCUT2D eigenvalue weighted by Gasteiger charge is 2.33. The molecule has 4 aromatic carbocycles. The van der Waals surface area contributed by atoms with Gasteiger partial charge >= 0.3 is 0 Å². The fraction of sp³-hybridized carbons (Fsp3) is 0.275. The van der Waals surface area contributed by atoms with Crippen molar-refractivity contribution in [3.63, 3.8) is 0 Å². The molecule has 0 aliphatic heterocycles. The van der Waals surface area contributed by atoms with Gasteiger partial charge in [-0.2, -0.15) is 0 Å². The maximum Gasteiger partial charge on any atom is 0.289 e. The van der Waals surface area contributed by atoms with E-state index in [4.69, 9.17) is 4.74 Å². The van der Waals surface area contributed by atoms with Crippen LogP contribution in [0.2, 0.25) is 0 Å². The first-order valence-corrected chi connectivity index (χ1v) is 16.7. The standard InChI is InChI=1S/C40H42N4O6/c1-26(42-38(47)32-23-30-15-9-10-16-31(30)24-32)37(46)44-35(22-28-17-19-33(50-2)20-18-28)39(48)43-34(21-27-11-5-3-6-12-27)36(45)40(49)41-25-29-13-7-4-8-14-29/h3-20,26,32,34-35H,21-25H2,1-2H3,(H,41,49)(H,42,47)(H,43,48)(H,44,46)/t26-,34-,35-/m0/s1. The molecule has 0 radical (unpaired) electrons. The number of fused-ring (bicyclic) bond motifs is 1. The van der Waals surface area contributed by atoms with Crippen LogP contribution < -0.4 is 26.0 Å². The number of hydrogen-bond acceptors (Lipinski definition) is 6. The van der Waals surface area contributed by atoms with E-state index in [0.717, 1.165) is 27.8 Å². The minimum absolute atomic E-state index is 0.0591. The summed E-state index contributed by atoms with van der Waals surface area (Å²) in [7, 11) is 1.55. The molecule has 1 aliphatic carbocycles. The molecular weight excluding hydrogens is 632 g/mol. The number of nitrogens with one attached hydrogen (secondary N) is 4. The number of carbonyl (C=O) groups excluding carboxylic acids is 5. The molecule has 0 heterocycles. The fourth-order valence-electron chi connectivity index (χ4n) is 6.00. The summed E-state index contributed by atoms with van der Waals surface area (Å²) in [5, 5.41) is 11.0. The smallest absolute Gasteiger partial charge is 0.289 e. The third-order valence-electron chi connectivity index (χ3n) is 8.84. The molecule has 4 aromatic rings. The van der Waals surface area contributed by atoms with Crippen molar-refractivity contribution < 1.29 is 28.7 Å². The first kappa shape index (κ1) is 35.5. The van der Waals surface area contributed by atoms with Gasteiger partial charge in [-0.15, -0.1) is 0 Å². The van der Waals surface area contributed by atoms with E-state index in [9.17, 15) is 24.0 Å². The molecule has 0 unspecified atom stereocenters. The number of ketones is 1. The summed E-state index contributed by atoms with van der Waals surface area (Å²) in [6, 6.07) is 29.9. The maximum absolute atomic E-state index is 14.0. The van der Waals surface area contributed by atoms with Gasteiger partial charge < -0.3 is 26.0 Å². The lowest BCUT2D eigenvalue weighted by atomic mass is 9.99. The number of methoxy groups -OCH3 is 1. The molecule has 0 saturated heterocycles. The molecule has 50 heavy (non-hydrogen) atoms. The molecule has 10 nitrogen and oxygen atoms in total. The van der Waals surface area contributed by atoms with Crippen molar-refractivity contribution in [3.05, 3.63) is 137 Å². The van der Waals surface area contributed by atoms with Crippen molar-refractivity contribution in [1.29, 1.82) is 0 Å². The summed E-state index contributed by atoms with van der Waals surface area (Å²) >= 11 is 0. The zero-order chi connectivity index (χ0) is 35.5. The SMILES string of the molecule is COc1ccc(C[C@H](NC(=O)[C@H](C)NC(=O)C2Cc3ccccc3C2)C(=O)N[C@@H](Cc2ccccc2)C(=O)C(=O)NCc2ccccc2)cc1. The summed E-state index contributed by atoms with van der Waals surface area (Å²) in [6.45, 7) is 1.71. The van der Waals surface area contributed by atoms with E-state index in [1.807, 2.05) is 60.7 Å². The Hall–Kier alpha value is -5.77. The maximum atomic E-state index is 14.0. The average molecular weight is 675 g/mol. The number of hydrogen-bond donors (Lipinski definition) is 4. The van der Waals surface area contributed by atoms with Gasteiger partial charge in [-0.3, -0.25) is 24.0 Å². The van der Waals surface area contributed by atoms with Gasteiger partial charge in [0.2, 0.25) is 23.5 Å². The van der Waals surface area contributed by atoms with Crippen LogP contribution in [0.25, 0.3) is 0 Å². The molecular formula is C40H42N4O6. The van der Waals surface area contributed by atoms with Crippen LogP contribution in [0.5, 0.6) is 5.75 Å². The quantitative estimate of drug-likeness (QED) is 0.143. The number of rotatable bonds is 15. The summed E-state index contributed by atoms with van der Waals surface area (Å²) in [5.74, 6) is -2.77. The normalized spacial score (nSPS) is 14.0. The van der Waals surface area contributed by atoms with Crippen molar-refractivity contribution >= 4 is 29.4 Å². The van der Waals surface area contributed by atoms with E-state index in [1.165, 1.54) is 0 Å². The first-order chi connectivity index (χ1) is 24.2. The largest absolute Gasteiger partial charge is 0.497 e. The number of ether oxygens (including phenoxy) is 1. The van der Waals surface area contributed by atoms with Gasteiger partial charge in [-0.25, -0.2) is 0 Å². The first-order valence-electron chi connectivity index (χ1n) is 16.7. The van der Waals surface area contributed by atoms with E-state index >= 15 is 0 Å². The van der Waals surface area contributed by atoms with E-state index in [2.05, 4.69) is 21.3 Å². The van der Waals surface area contributed by atoms with Crippen molar-refractivity contribution in [3.8, 4) is 5.75 Å². The monoisotopic (exact) mass is 674 g/mol. The Morgan fingerprint density at radius 1 is 0.640 bits per heavy atom. The summed E-state index contributed by atoms with van der Waals surface area (Å²) in [6.07, 6.45) is 1.32. The molecule has 4 amide bonds.